The molecular weight excluding hydrogens is 318 g/mol. The van der Waals surface area contributed by atoms with Gasteiger partial charge in [0.05, 0.1) is 16.6 Å². The van der Waals surface area contributed by atoms with Crippen LogP contribution in [0.3, 0.4) is 0 Å². The number of nitrogens with one attached hydrogen (secondary N) is 2. The number of amides is 1. The Morgan fingerprint density at radius 3 is 2.68 bits per heavy atom. The molecule has 1 aliphatic heterocycles. The Hall–Kier alpha value is -3.55. The van der Waals surface area contributed by atoms with Crippen molar-refractivity contribution in [2.75, 3.05) is 6.54 Å². The van der Waals surface area contributed by atoms with Crippen LogP contribution in [0.5, 0.6) is 0 Å². The Bertz CT molecular complexity index is 1080. The normalized spacial score (nSPS) is 13.7. The molecule has 1 amide bonds. The van der Waals surface area contributed by atoms with Crippen molar-refractivity contribution in [3.05, 3.63) is 48.0 Å². The van der Waals surface area contributed by atoms with Crippen LogP contribution in [0.15, 0.2) is 42.5 Å². The van der Waals surface area contributed by atoms with Gasteiger partial charge >= 0.3 is 0 Å². The molecule has 25 heavy (non-hydrogen) atoms. The maximum Gasteiger partial charge on any atom is 0.253 e. The number of hydrogen-bond acceptors (Lipinski definition) is 5. The molecule has 0 spiro atoms. The molecule has 8 nitrogen and oxygen atoms in total. The van der Waals surface area contributed by atoms with E-state index >= 15 is 0 Å². The van der Waals surface area contributed by atoms with Gasteiger partial charge in [0.15, 0.2) is 0 Å². The second-order valence-corrected chi connectivity index (χ2v) is 5.83. The van der Waals surface area contributed by atoms with Gasteiger partial charge in [-0.1, -0.05) is 30.3 Å². The SMILES string of the molecule is O=C1NCCn2c(-c3ccc(-c4nn[nH]n4)cc3)nc3cccc1c32. The van der Waals surface area contributed by atoms with Crippen molar-refractivity contribution < 1.29 is 4.79 Å². The van der Waals surface area contributed by atoms with Crippen molar-refractivity contribution in [1.82, 2.24) is 35.5 Å². The summed E-state index contributed by atoms with van der Waals surface area (Å²) in [5, 5.41) is 16.9. The molecule has 1 aliphatic rings. The van der Waals surface area contributed by atoms with E-state index in [0.29, 0.717) is 24.5 Å². The molecule has 0 bridgehead atoms. The zero-order valence-electron chi connectivity index (χ0n) is 13.1. The zero-order chi connectivity index (χ0) is 16.8. The van der Waals surface area contributed by atoms with Gasteiger partial charge in [0, 0.05) is 24.2 Å². The van der Waals surface area contributed by atoms with E-state index in [-0.39, 0.29) is 5.91 Å². The molecule has 4 aromatic rings. The van der Waals surface area contributed by atoms with Gasteiger partial charge in [-0.25, -0.2) is 4.98 Å². The van der Waals surface area contributed by atoms with Crippen LogP contribution < -0.4 is 5.32 Å². The topological polar surface area (TPSA) is 101 Å². The zero-order valence-corrected chi connectivity index (χ0v) is 13.1. The van der Waals surface area contributed by atoms with Gasteiger partial charge in [-0.05, 0) is 17.3 Å². The third kappa shape index (κ3) is 2.11. The van der Waals surface area contributed by atoms with Crippen molar-refractivity contribution in [3.8, 4) is 22.8 Å². The number of rotatable bonds is 2. The lowest BCUT2D eigenvalue weighted by Gasteiger charge is -2.07. The maximum absolute atomic E-state index is 12.2. The summed E-state index contributed by atoms with van der Waals surface area (Å²) in [6, 6.07) is 13.5. The molecule has 0 fully saturated rings. The third-order valence-electron chi connectivity index (χ3n) is 4.38. The number of aromatic amines is 1. The highest BCUT2D eigenvalue weighted by Crippen LogP contribution is 2.29. The van der Waals surface area contributed by atoms with Crippen molar-refractivity contribution in [3.63, 3.8) is 0 Å². The van der Waals surface area contributed by atoms with Crippen LogP contribution in [0.2, 0.25) is 0 Å². The van der Waals surface area contributed by atoms with E-state index in [2.05, 4.69) is 30.5 Å². The molecule has 2 aromatic heterocycles. The molecule has 5 rings (SSSR count). The number of aromatic nitrogens is 6. The number of H-pyrrole nitrogens is 1. The molecule has 0 atom stereocenters. The van der Waals surface area contributed by atoms with E-state index in [4.69, 9.17) is 4.98 Å². The lowest BCUT2D eigenvalue weighted by molar-refractivity contribution is 0.0956. The minimum absolute atomic E-state index is 0.0525. The van der Waals surface area contributed by atoms with Crippen LogP contribution in [-0.4, -0.2) is 42.6 Å². The number of carbonyl (C=O) groups excluding carboxylic acids is 1. The van der Waals surface area contributed by atoms with E-state index in [1.807, 2.05) is 42.5 Å². The van der Waals surface area contributed by atoms with Gasteiger partial charge in [0.2, 0.25) is 5.82 Å². The average molecular weight is 331 g/mol. The summed E-state index contributed by atoms with van der Waals surface area (Å²) in [5.41, 5.74) is 4.23. The van der Waals surface area contributed by atoms with Crippen LogP contribution >= 0.6 is 0 Å². The van der Waals surface area contributed by atoms with Crippen molar-refractivity contribution in [2.24, 2.45) is 0 Å². The standard InChI is InChI=1S/C17H13N7O/c25-17-12-2-1-3-13-14(12)24(9-8-18-17)16(19-13)11-6-4-10(5-7-11)15-20-22-23-21-15/h1-7H,8-9H2,(H,18,25)(H,20,21,22,23). The number of tetrazole rings is 1. The quantitative estimate of drug-likeness (QED) is 0.581. The van der Waals surface area contributed by atoms with Crippen LogP contribution in [-0.2, 0) is 6.54 Å². The molecule has 2 N–H and O–H groups in total. The number of nitrogens with zero attached hydrogens (tertiary/aromatic N) is 5. The highest BCUT2D eigenvalue weighted by molar-refractivity contribution is 6.06. The monoisotopic (exact) mass is 331 g/mol. The third-order valence-corrected chi connectivity index (χ3v) is 4.38. The predicted octanol–water partition coefficient (Wildman–Crippen LogP) is 1.63. The molecule has 0 radical (unpaired) electrons. The highest BCUT2D eigenvalue weighted by atomic mass is 16.1. The summed E-state index contributed by atoms with van der Waals surface area (Å²) >= 11 is 0. The Morgan fingerprint density at radius 2 is 1.88 bits per heavy atom. The molecular formula is C17H13N7O. The van der Waals surface area contributed by atoms with E-state index < -0.39 is 0 Å². The lowest BCUT2D eigenvalue weighted by Crippen LogP contribution is -2.24. The first-order chi connectivity index (χ1) is 12.3. The first kappa shape index (κ1) is 13.8. The van der Waals surface area contributed by atoms with Crippen molar-refractivity contribution in [2.45, 2.75) is 6.54 Å². The van der Waals surface area contributed by atoms with Gasteiger partial charge in [0.1, 0.15) is 5.82 Å². The fourth-order valence-electron chi connectivity index (χ4n) is 3.24. The van der Waals surface area contributed by atoms with Gasteiger partial charge in [0.25, 0.3) is 5.91 Å². The Balaban J connectivity index is 1.67. The van der Waals surface area contributed by atoms with Gasteiger partial charge in [-0.3, -0.25) is 4.79 Å². The van der Waals surface area contributed by atoms with E-state index in [1.54, 1.807) is 0 Å². The van der Waals surface area contributed by atoms with E-state index in [0.717, 1.165) is 28.0 Å². The second-order valence-electron chi connectivity index (χ2n) is 5.83. The lowest BCUT2D eigenvalue weighted by atomic mass is 10.1. The van der Waals surface area contributed by atoms with Crippen LogP contribution in [0, 0.1) is 0 Å². The number of benzene rings is 2. The fraction of sp³-hybridized carbons (Fsp3) is 0.118. The summed E-state index contributed by atoms with van der Waals surface area (Å²) in [4.78, 5) is 17.0. The smallest absolute Gasteiger partial charge is 0.253 e. The van der Waals surface area contributed by atoms with Gasteiger partial charge < -0.3 is 9.88 Å². The number of para-hydroxylation sites is 1. The molecule has 0 aliphatic carbocycles. The van der Waals surface area contributed by atoms with Crippen LogP contribution in [0.1, 0.15) is 10.4 Å². The van der Waals surface area contributed by atoms with Crippen LogP contribution in [0.25, 0.3) is 33.8 Å². The van der Waals surface area contributed by atoms with E-state index in [1.165, 1.54) is 0 Å². The summed E-state index contributed by atoms with van der Waals surface area (Å²) < 4.78 is 2.10. The molecule has 0 saturated carbocycles. The first-order valence-electron chi connectivity index (χ1n) is 7.93. The minimum Gasteiger partial charge on any atom is -0.350 e. The minimum atomic E-state index is -0.0525. The first-order valence-corrected chi connectivity index (χ1v) is 7.93. The molecule has 0 saturated heterocycles. The highest BCUT2D eigenvalue weighted by Gasteiger charge is 2.21. The Morgan fingerprint density at radius 1 is 1.04 bits per heavy atom. The summed E-state index contributed by atoms with van der Waals surface area (Å²) in [6.45, 7) is 1.26. The predicted molar refractivity (Wildman–Crippen MR) is 90.7 cm³/mol. The maximum atomic E-state index is 12.2. The number of imidazole rings is 1. The summed E-state index contributed by atoms with van der Waals surface area (Å²) in [7, 11) is 0. The van der Waals surface area contributed by atoms with Gasteiger partial charge in [-0.2, -0.15) is 5.21 Å². The Labute approximate surface area is 141 Å². The second kappa shape index (κ2) is 5.23. The molecule has 3 heterocycles. The number of carbonyl (C=O) groups is 1. The molecule has 8 heteroatoms. The molecule has 122 valence electrons. The van der Waals surface area contributed by atoms with Crippen molar-refractivity contribution >= 4 is 16.9 Å². The molecule has 2 aromatic carbocycles. The fourth-order valence-corrected chi connectivity index (χ4v) is 3.24. The molecule has 0 unspecified atom stereocenters. The van der Waals surface area contributed by atoms with Gasteiger partial charge in [-0.15, -0.1) is 10.2 Å². The average Bonchev–Trinajstić information content (AvgIpc) is 3.26. The largest absolute Gasteiger partial charge is 0.350 e. The summed E-state index contributed by atoms with van der Waals surface area (Å²) in [6.07, 6.45) is 0. The Kier molecular flexibility index (Phi) is 2.90. The van der Waals surface area contributed by atoms with E-state index in [9.17, 15) is 4.79 Å². The number of hydrogen-bond donors (Lipinski definition) is 2. The van der Waals surface area contributed by atoms with Crippen molar-refractivity contribution in [1.29, 1.82) is 0 Å². The van der Waals surface area contributed by atoms with Crippen LogP contribution in [0.4, 0.5) is 0 Å². The summed E-state index contributed by atoms with van der Waals surface area (Å²) in [5.74, 6) is 1.34.